The number of alkyl halides is 3. The lowest BCUT2D eigenvalue weighted by Gasteiger charge is -2.34. The van der Waals surface area contributed by atoms with E-state index in [0.29, 0.717) is 24.3 Å². The summed E-state index contributed by atoms with van der Waals surface area (Å²) >= 11 is 0. The van der Waals surface area contributed by atoms with Crippen LogP contribution >= 0.6 is 0 Å². The third kappa shape index (κ3) is 6.13. The van der Waals surface area contributed by atoms with Crippen LogP contribution < -0.4 is 9.64 Å². The number of carbonyl (C=O) groups excluding carboxylic acids is 2. The molecule has 0 spiro atoms. The average Bonchev–Trinajstić information content (AvgIpc) is 3.44. The van der Waals surface area contributed by atoms with Crippen molar-refractivity contribution in [3.05, 3.63) is 59.9 Å². The van der Waals surface area contributed by atoms with Crippen molar-refractivity contribution in [1.82, 2.24) is 4.98 Å². The second-order valence-corrected chi connectivity index (χ2v) is 10.2. The molecule has 2 heterocycles. The minimum absolute atomic E-state index is 0.0466. The second kappa shape index (κ2) is 11.7. The maximum absolute atomic E-state index is 15.5. The first kappa shape index (κ1) is 29.1. The van der Waals surface area contributed by atoms with E-state index in [2.05, 4.69) is 11.9 Å². The zero-order valence-corrected chi connectivity index (χ0v) is 22.5. The predicted molar refractivity (Wildman–Crippen MR) is 138 cm³/mol. The molecule has 0 aliphatic heterocycles. The van der Waals surface area contributed by atoms with Crippen LogP contribution in [0.15, 0.2) is 47.4 Å². The van der Waals surface area contributed by atoms with Crippen LogP contribution in [0.1, 0.15) is 62.4 Å². The molecule has 214 valence electrons. The number of nitrogens with zero attached hydrogens (tertiary/aromatic N) is 2. The highest BCUT2D eigenvalue weighted by molar-refractivity contribution is 6.04. The van der Waals surface area contributed by atoms with E-state index in [1.54, 1.807) is 13.8 Å². The van der Waals surface area contributed by atoms with E-state index in [9.17, 15) is 22.8 Å². The molecule has 0 radical (unpaired) electrons. The molecule has 0 atom stereocenters. The molecule has 1 saturated carbocycles. The number of furan rings is 1. The first-order valence-corrected chi connectivity index (χ1v) is 12.9. The van der Waals surface area contributed by atoms with Gasteiger partial charge in [0, 0.05) is 41.4 Å². The molecule has 0 unspecified atom stereocenters. The minimum Gasteiger partial charge on any atom is -0.472 e. The van der Waals surface area contributed by atoms with Gasteiger partial charge in [0.15, 0.2) is 11.6 Å². The molecular formula is C29H30F4N2O5. The molecule has 1 amide bonds. The Kier molecular flexibility index (Phi) is 8.51. The SMILES string of the molecule is COC(=O)c1cc(Oc2ncc(-c3ccoc3)cc2C(F)(F)F)c(F)cc1N(C(=O)C1CCC(C)CC1)C(C)C. The summed E-state index contributed by atoms with van der Waals surface area (Å²) in [5.41, 5.74) is -1.05. The smallest absolute Gasteiger partial charge is 0.421 e. The fourth-order valence-electron chi connectivity index (χ4n) is 4.88. The van der Waals surface area contributed by atoms with Crippen LogP contribution in [-0.4, -0.2) is 30.0 Å². The Morgan fingerprint density at radius 3 is 2.38 bits per heavy atom. The molecule has 1 aliphatic carbocycles. The summed E-state index contributed by atoms with van der Waals surface area (Å²) < 4.78 is 72.4. The zero-order chi connectivity index (χ0) is 29.2. The van der Waals surface area contributed by atoms with Gasteiger partial charge in [-0.15, -0.1) is 0 Å². The Balaban J connectivity index is 1.75. The summed E-state index contributed by atoms with van der Waals surface area (Å²) in [6.07, 6.45) is 1.90. The summed E-state index contributed by atoms with van der Waals surface area (Å²) in [6, 6.07) is 3.68. The molecule has 0 bridgehead atoms. The lowest BCUT2D eigenvalue weighted by Crippen LogP contribution is -2.43. The molecule has 1 aromatic carbocycles. The minimum atomic E-state index is -4.89. The highest BCUT2D eigenvalue weighted by atomic mass is 19.4. The Bertz CT molecular complexity index is 1360. The monoisotopic (exact) mass is 562 g/mol. The number of halogens is 4. The van der Waals surface area contributed by atoms with E-state index in [1.807, 2.05) is 0 Å². The molecule has 7 nitrogen and oxygen atoms in total. The number of pyridine rings is 1. The van der Waals surface area contributed by atoms with Gasteiger partial charge in [0.2, 0.25) is 11.8 Å². The third-order valence-electron chi connectivity index (χ3n) is 7.05. The van der Waals surface area contributed by atoms with Crippen LogP contribution in [0, 0.1) is 17.7 Å². The van der Waals surface area contributed by atoms with Crippen LogP contribution in [0.25, 0.3) is 11.1 Å². The Labute approximate surface area is 229 Å². The van der Waals surface area contributed by atoms with Crippen LogP contribution in [0.4, 0.5) is 23.2 Å². The lowest BCUT2D eigenvalue weighted by molar-refractivity contribution is -0.138. The van der Waals surface area contributed by atoms with E-state index in [0.717, 1.165) is 44.3 Å². The molecule has 3 aromatic rings. The summed E-state index contributed by atoms with van der Waals surface area (Å²) in [7, 11) is 1.11. The molecule has 1 fully saturated rings. The van der Waals surface area contributed by atoms with Crippen molar-refractivity contribution in [1.29, 1.82) is 0 Å². The number of hydrogen-bond donors (Lipinski definition) is 0. The largest absolute Gasteiger partial charge is 0.472 e. The van der Waals surface area contributed by atoms with Crippen molar-refractivity contribution in [2.45, 2.75) is 58.7 Å². The number of rotatable bonds is 7. The number of benzene rings is 1. The fourth-order valence-corrected chi connectivity index (χ4v) is 4.88. The number of methoxy groups -OCH3 is 1. The summed E-state index contributed by atoms with van der Waals surface area (Å²) in [5, 5.41) is 0. The topological polar surface area (TPSA) is 81.9 Å². The van der Waals surface area contributed by atoms with Crippen LogP contribution in [-0.2, 0) is 15.7 Å². The fraction of sp³-hybridized carbons (Fsp3) is 0.414. The maximum Gasteiger partial charge on any atom is 0.421 e. The summed E-state index contributed by atoms with van der Waals surface area (Å²) in [5.74, 6) is -3.62. The molecule has 4 rings (SSSR count). The molecule has 0 saturated heterocycles. The number of anilines is 1. The van der Waals surface area contributed by atoms with Gasteiger partial charge in [-0.3, -0.25) is 4.79 Å². The summed E-state index contributed by atoms with van der Waals surface area (Å²) in [6.45, 7) is 5.58. The van der Waals surface area contributed by atoms with Gasteiger partial charge < -0.3 is 18.8 Å². The summed E-state index contributed by atoms with van der Waals surface area (Å²) in [4.78, 5) is 31.5. The standard InChI is InChI=1S/C29H30F4N2O5/c1-16(2)35(27(36)18-7-5-17(3)6-8-18)24-13-23(30)25(12-21(24)28(37)38-4)40-26-22(29(31,32)33)11-20(14-34-26)19-9-10-39-15-19/h9-18H,5-8H2,1-4H3. The van der Waals surface area contributed by atoms with Gasteiger partial charge in [-0.1, -0.05) is 6.92 Å². The van der Waals surface area contributed by atoms with Crippen molar-refractivity contribution < 1.29 is 41.0 Å². The molecule has 2 aromatic heterocycles. The van der Waals surface area contributed by atoms with Crippen LogP contribution in [0.3, 0.4) is 0 Å². The van der Waals surface area contributed by atoms with E-state index in [4.69, 9.17) is 13.9 Å². The molecule has 1 aliphatic rings. The van der Waals surface area contributed by atoms with E-state index in [-0.39, 0.29) is 28.6 Å². The highest BCUT2D eigenvalue weighted by Crippen LogP contribution is 2.41. The van der Waals surface area contributed by atoms with Gasteiger partial charge in [0.05, 0.1) is 30.9 Å². The van der Waals surface area contributed by atoms with Crippen molar-refractivity contribution in [2.24, 2.45) is 11.8 Å². The molecular weight excluding hydrogens is 532 g/mol. The van der Waals surface area contributed by atoms with Gasteiger partial charge in [0.25, 0.3) is 0 Å². The first-order valence-electron chi connectivity index (χ1n) is 12.9. The van der Waals surface area contributed by atoms with Crippen molar-refractivity contribution >= 4 is 17.6 Å². The highest BCUT2D eigenvalue weighted by Gasteiger charge is 2.37. The van der Waals surface area contributed by atoms with Gasteiger partial charge in [-0.05, 0) is 57.6 Å². The van der Waals surface area contributed by atoms with E-state index >= 15 is 4.39 Å². The van der Waals surface area contributed by atoms with Crippen molar-refractivity contribution in [3.63, 3.8) is 0 Å². The van der Waals surface area contributed by atoms with Gasteiger partial charge in [-0.25, -0.2) is 14.2 Å². The van der Waals surface area contributed by atoms with Crippen molar-refractivity contribution in [3.8, 4) is 22.8 Å². The third-order valence-corrected chi connectivity index (χ3v) is 7.05. The van der Waals surface area contributed by atoms with Crippen molar-refractivity contribution in [2.75, 3.05) is 12.0 Å². The Morgan fingerprint density at radius 1 is 1.10 bits per heavy atom. The molecule has 40 heavy (non-hydrogen) atoms. The van der Waals surface area contributed by atoms with E-state index < -0.39 is 41.2 Å². The number of ether oxygens (including phenoxy) is 2. The van der Waals surface area contributed by atoms with Crippen LogP contribution in [0.5, 0.6) is 11.6 Å². The van der Waals surface area contributed by atoms with Gasteiger partial charge in [-0.2, -0.15) is 13.2 Å². The van der Waals surface area contributed by atoms with E-state index in [1.165, 1.54) is 23.5 Å². The zero-order valence-electron chi connectivity index (χ0n) is 22.5. The Morgan fingerprint density at radius 2 is 1.80 bits per heavy atom. The second-order valence-electron chi connectivity index (χ2n) is 10.2. The van der Waals surface area contributed by atoms with Gasteiger partial charge >= 0.3 is 12.1 Å². The number of aromatic nitrogens is 1. The molecule has 11 heteroatoms. The Hall–Kier alpha value is -3.89. The quantitative estimate of drug-likeness (QED) is 0.217. The maximum atomic E-state index is 15.5. The lowest BCUT2D eigenvalue weighted by atomic mass is 9.82. The molecule has 0 N–H and O–H groups in total. The first-order chi connectivity index (χ1) is 18.9. The average molecular weight is 563 g/mol. The van der Waals surface area contributed by atoms with Crippen LogP contribution in [0.2, 0.25) is 0 Å². The number of carbonyl (C=O) groups is 2. The van der Waals surface area contributed by atoms with Gasteiger partial charge in [0.1, 0.15) is 5.56 Å². The normalized spacial score (nSPS) is 17.5. The predicted octanol–water partition coefficient (Wildman–Crippen LogP) is 7.65. The number of amides is 1. The number of hydrogen-bond acceptors (Lipinski definition) is 6. The number of esters is 1.